The zero-order chi connectivity index (χ0) is 13.0. The number of carbonyl (C=O) groups is 2. The first-order valence-corrected chi connectivity index (χ1v) is 4.15. The molecule has 5 nitrogen and oxygen atoms in total. The number of carboxylic acids is 1. The predicted octanol–water partition coefficient (Wildman–Crippen LogP) is 1.44. The molecule has 0 aliphatic rings. The minimum Gasteiger partial charge on any atom is -0.478 e. The lowest BCUT2D eigenvalue weighted by atomic mass is 10.2. The Balaban J connectivity index is 0. The van der Waals surface area contributed by atoms with Gasteiger partial charge in [-0.2, -0.15) is 5.26 Å². The van der Waals surface area contributed by atoms with Crippen molar-refractivity contribution in [1.29, 1.82) is 5.26 Å². The summed E-state index contributed by atoms with van der Waals surface area (Å²) < 4.78 is 4.39. The molecule has 0 aromatic rings. The first kappa shape index (κ1) is 16.1. The van der Waals surface area contributed by atoms with Gasteiger partial charge in [-0.25, -0.2) is 9.59 Å². The van der Waals surface area contributed by atoms with Crippen molar-refractivity contribution in [1.82, 2.24) is 0 Å². The average molecular weight is 223 g/mol. The number of rotatable bonds is 4. The molecule has 0 rings (SSSR count). The predicted molar refractivity (Wildman–Crippen MR) is 58.4 cm³/mol. The second-order valence-electron chi connectivity index (χ2n) is 2.37. The molecule has 0 aliphatic heterocycles. The highest BCUT2D eigenvalue weighted by Crippen LogP contribution is 2.00. The molecule has 0 bridgehead atoms. The van der Waals surface area contributed by atoms with Crippen LogP contribution in [0.2, 0.25) is 0 Å². The quantitative estimate of drug-likeness (QED) is 0.442. The Morgan fingerprint density at radius 2 is 2.06 bits per heavy atom. The molecule has 0 aromatic heterocycles. The number of nitrogens with zero attached hydrogens (tertiary/aromatic N) is 1. The third kappa shape index (κ3) is 11.6. The zero-order valence-electron chi connectivity index (χ0n) is 8.97. The van der Waals surface area contributed by atoms with Crippen LogP contribution in [-0.4, -0.2) is 24.2 Å². The minimum absolute atomic E-state index is 0.346. The Kier molecular flexibility index (Phi) is 10.8. The Morgan fingerprint density at radius 3 is 2.38 bits per heavy atom. The smallest absolute Gasteiger partial charge is 0.333 e. The number of esters is 1. The Hall–Kier alpha value is -2.35. The fourth-order valence-electron chi connectivity index (χ4n) is 0.482. The summed E-state index contributed by atoms with van der Waals surface area (Å²) in [6.07, 6.45) is 4.05. The second kappa shape index (κ2) is 10.7. The molecular formula is C11H13NO4. The number of hydrogen-bond donors (Lipinski definition) is 1. The number of methoxy groups -OCH3 is 1. The normalized spacial score (nSPS) is 8.25. The molecule has 0 spiro atoms. The van der Waals surface area contributed by atoms with Gasteiger partial charge in [0.15, 0.2) is 0 Å². The van der Waals surface area contributed by atoms with E-state index in [9.17, 15) is 9.59 Å². The van der Waals surface area contributed by atoms with E-state index in [1.807, 2.05) is 0 Å². The standard InChI is InChI=1S/C8H9NO2.C3H4O2/c1-7(8(10)11-2)5-3-4-6-9;1-2-3(4)5/h3-4H,1,5H2,2H3;2H,1H2,(H,4,5). The van der Waals surface area contributed by atoms with Gasteiger partial charge in [-0.15, -0.1) is 0 Å². The molecular weight excluding hydrogens is 210 g/mol. The van der Waals surface area contributed by atoms with E-state index in [1.54, 1.807) is 12.1 Å². The van der Waals surface area contributed by atoms with E-state index < -0.39 is 11.9 Å². The Labute approximate surface area is 93.9 Å². The van der Waals surface area contributed by atoms with Crippen molar-refractivity contribution in [3.05, 3.63) is 37.0 Å². The SMILES string of the molecule is C=C(CC=CC#N)C(=O)OC.C=CC(=O)O. The van der Waals surface area contributed by atoms with E-state index in [4.69, 9.17) is 10.4 Å². The van der Waals surface area contributed by atoms with E-state index in [-0.39, 0.29) is 0 Å². The van der Waals surface area contributed by atoms with Gasteiger partial charge in [0.1, 0.15) is 0 Å². The largest absolute Gasteiger partial charge is 0.478 e. The molecule has 0 amide bonds. The molecule has 86 valence electrons. The molecule has 0 aliphatic carbocycles. The Bertz CT molecular complexity index is 336. The molecule has 0 heterocycles. The lowest BCUT2D eigenvalue weighted by Crippen LogP contribution is -2.02. The van der Waals surface area contributed by atoms with E-state index in [0.717, 1.165) is 6.08 Å². The summed E-state index contributed by atoms with van der Waals surface area (Å²) in [6, 6.07) is 1.81. The molecule has 0 saturated carbocycles. The van der Waals surface area contributed by atoms with Gasteiger partial charge in [0.25, 0.3) is 0 Å². The number of allylic oxidation sites excluding steroid dienone is 2. The lowest BCUT2D eigenvalue weighted by molar-refractivity contribution is -0.136. The van der Waals surface area contributed by atoms with Crippen molar-refractivity contribution in [2.75, 3.05) is 7.11 Å². The van der Waals surface area contributed by atoms with Gasteiger partial charge in [0.05, 0.1) is 13.2 Å². The molecule has 1 N–H and O–H groups in total. The molecule has 0 aromatic carbocycles. The van der Waals surface area contributed by atoms with E-state index in [0.29, 0.717) is 12.0 Å². The summed E-state index contributed by atoms with van der Waals surface area (Å²) in [7, 11) is 1.29. The van der Waals surface area contributed by atoms with E-state index in [2.05, 4.69) is 17.9 Å². The molecule has 0 atom stereocenters. The van der Waals surface area contributed by atoms with Crippen molar-refractivity contribution in [3.63, 3.8) is 0 Å². The summed E-state index contributed by atoms with van der Waals surface area (Å²) in [4.78, 5) is 19.9. The van der Waals surface area contributed by atoms with Crippen LogP contribution in [0.1, 0.15) is 6.42 Å². The molecule has 0 radical (unpaired) electrons. The second-order valence-corrected chi connectivity index (χ2v) is 2.37. The number of carbonyl (C=O) groups excluding carboxylic acids is 1. The van der Waals surface area contributed by atoms with Crippen LogP contribution in [0, 0.1) is 11.3 Å². The first-order valence-electron chi connectivity index (χ1n) is 4.15. The van der Waals surface area contributed by atoms with Crippen LogP contribution in [-0.2, 0) is 14.3 Å². The minimum atomic E-state index is -0.981. The molecule has 5 heteroatoms. The number of carboxylic acid groups (broad SMARTS) is 1. The van der Waals surface area contributed by atoms with Gasteiger partial charge in [-0.3, -0.25) is 0 Å². The first-order chi connectivity index (χ1) is 7.49. The number of nitriles is 1. The zero-order valence-corrected chi connectivity index (χ0v) is 8.97. The highest BCUT2D eigenvalue weighted by Gasteiger charge is 2.02. The van der Waals surface area contributed by atoms with Crippen LogP contribution >= 0.6 is 0 Å². The van der Waals surface area contributed by atoms with Crippen LogP contribution in [0.25, 0.3) is 0 Å². The summed E-state index contributed by atoms with van der Waals surface area (Å²) in [5.41, 5.74) is 0.346. The fourth-order valence-corrected chi connectivity index (χ4v) is 0.482. The summed E-state index contributed by atoms with van der Waals surface area (Å²) in [5, 5.41) is 15.7. The fraction of sp³-hybridized carbons (Fsp3) is 0.182. The van der Waals surface area contributed by atoms with Crippen molar-refractivity contribution >= 4 is 11.9 Å². The maximum atomic E-state index is 10.7. The monoisotopic (exact) mass is 223 g/mol. The summed E-state index contributed by atoms with van der Waals surface area (Å²) >= 11 is 0. The van der Waals surface area contributed by atoms with Crippen molar-refractivity contribution in [2.45, 2.75) is 6.42 Å². The molecule has 16 heavy (non-hydrogen) atoms. The third-order valence-electron chi connectivity index (χ3n) is 1.21. The third-order valence-corrected chi connectivity index (χ3v) is 1.21. The van der Waals surface area contributed by atoms with E-state index in [1.165, 1.54) is 13.2 Å². The number of ether oxygens (including phenoxy) is 1. The number of aliphatic carboxylic acids is 1. The van der Waals surface area contributed by atoms with Gasteiger partial charge in [-0.1, -0.05) is 19.2 Å². The van der Waals surface area contributed by atoms with Gasteiger partial charge >= 0.3 is 11.9 Å². The van der Waals surface area contributed by atoms with Crippen molar-refractivity contribution in [3.8, 4) is 6.07 Å². The topological polar surface area (TPSA) is 87.4 Å². The van der Waals surface area contributed by atoms with Gasteiger partial charge in [0, 0.05) is 17.7 Å². The molecule has 0 fully saturated rings. The van der Waals surface area contributed by atoms with Gasteiger partial charge < -0.3 is 9.84 Å². The molecule has 0 saturated heterocycles. The van der Waals surface area contributed by atoms with E-state index >= 15 is 0 Å². The van der Waals surface area contributed by atoms with Crippen molar-refractivity contribution in [2.24, 2.45) is 0 Å². The van der Waals surface area contributed by atoms with Crippen LogP contribution in [0.3, 0.4) is 0 Å². The van der Waals surface area contributed by atoms with Gasteiger partial charge in [-0.05, 0) is 6.42 Å². The number of hydrogen-bond acceptors (Lipinski definition) is 4. The average Bonchev–Trinajstić information content (AvgIpc) is 2.28. The molecule has 0 unspecified atom stereocenters. The van der Waals surface area contributed by atoms with Crippen molar-refractivity contribution < 1.29 is 19.4 Å². The van der Waals surface area contributed by atoms with Crippen LogP contribution < -0.4 is 0 Å². The maximum absolute atomic E-state index is 10.7. The Morgan fingerprint density at radius 1 is 1.56 bits per heavy atom. The maximum Gasteiger partial charge on any atom is 0.333 e. The van der Waals surface area contributed by atoms with Crippen LogP contribution in [0.5, 0.6) is 0 Å². The lowest BCUT2D eigenvalue weighted by Gasteiger charge is -1.97. The highest BCUT2D eigenvalue weighted by atomic mass is 16.5. The summed E-state index contributed by atoms with van der Waals surface area (Å²) in [6.45, 7) is 6.42. The summed E-state index contributed by atoms with van der Waals surface area (Å²) in [5.74, 6) is -1.42. The van der Waals surface area contributed by atoms with Crippen LogP contribution in [0.15, 0.2) is 37.0 Å². The van der Waals surface area contributed by atoms with Crippen LogP contribution in [0.4, 0.5) is 0 Å². The van der Waals surface area contributed by atoms with Gasteiger partial charge in [0.2, 0.25) is 0 Å². The highest BCUT2D eigenvalue weighted by molar-refractivity contribution is 5.87.